The fourth-order valence-electron chi connectivity index (χ4n) is 2.30. The molecule has 1 saturated heterocycles. The van der Waals surface area contributed by atoms with E-state index in [0.29, 0.717) is 29.8 Å². The summed E-state index contributed by atoms with van der Waals surface area (Å²) in [6, 6.07) is 1.74. The zero-order valence-electron chi connectivity index (χ0n) is 11.1. The quantitative estimate of drug-likeness (QED) is 0.821. The summed E-state index contributed by atoms with van der Waals surface area (Å²) in [6.45, 7) is 3.70. The monoisotopic (exact) mass is 367 g/mol. The molecule has 1 fully saturated rings. The summed E-state index contributed by atoms with van der Waals surface area (Å²) in [5.41, 5.74) is 0.967. The van der Waals surface area contributed by atoms with Gasteiger partial charge < -0.3 is 4.74 Å². The lowest BCUT2D eigenvalue weighted by atomic mass is 10.0. The van der Waals surface area contributed by atoms with Crippen LogP contribution in [0.25, 0.3) is 0 Å². The van der Waals surface area contributed by atoms with Crippen molar-refractivity contribution in [3.05, 3.63) is 15.4 Å². The molecule has 0 bridgehead atoms. The maximum atomic E-state index is 12.6. The summed E-state index contributed by atoms with van der Waals surface area (Å²) in [4.78, 5) is 0. The van der Waals surface area contributed by atoms with Crippen molar-refractivity contribution in [2.75, 3.05) is 26.8 Å². The first-order valence-electron chi connectivity index (χ1n) is 6.20. The second-order valence-electron chi connectivity index (χ2n) is 4.85. The number of ether oxygens (including phenoxy) is 1. The van der Waals surface area contributed by atoms with Gasteiger partial charge in [0.25, 0.3) is 10.0 Å². The van der Waals surface area contributed by atoms with Crippen LogP contribution >= 0.6 is 27.3 Å². The van der Waals surface area contributed by atoms with Gasteiger partial charge in [0.15, 0.2) is 0 Å². The SMILES string of the molecule is COCC1CCCN(S(=O)(=O)c2cc(C)c(Br)s2)C1. The van der Waals surface area contributed by atoms with E-state index in [1.54, 1.807) is 17.5 Å². The van der Waals surface area contributed by atoms with E-state index in [2.05, 4.69) is 15.9 Å². The Labute approximate surface area is 126 Å². The molecule has 1 unspecified atom stereocenters. The highest BCUT2D eigenvalue weighted by Crippen LogP contribution is 2.33. The van der Waals surface area contributed by atoms with Gasteiger partial charge in [0.05, 0.1) is 10.4 Å². The van der Waals surface area contributed by atoms with Crippen molar-refractivity contribution in [1.29, 1.82) is 0 Å². The lowest BCUT2D eigenvalue weighted by Gasteiger charge is -2.31. The normalized spacial score (nSPS) is 21.7. The van der Waals surface area contributed by atoms with Gasteiger partial charge in [-0.3, -0.25) is 0 Å². The van der Waals surface area contributed by atoms with Crippen molar-refractivity contribution in [1.82, 2.24) is 4.31 Å². The number of hydrogen-bond acceptors (Lipinski definition) is 4. The summed E-state index contributed by atoms with van der Waals surface area (Å²) in [5, 5.41) is 0. The van der Waals surface area contributed by atoms with Crippen LogP contribution in [-0.2, 0) is 14.8 Å². The van der Waals surface area contributed by atoms with Crippen LogP contribution in [0.2, 0.25) is 0 Å². The average Bonchev–Trinajstić information content (AvgIpc) is 2.71. The molecule has 0 N–H and O–H groups in total. The number of rotatable bonds is 4. The second kappa shape index (κ2) is 6.22. The molecular formula is C12H18BrNO3S2. The summed E-state index contributed by atoms with van der Waals surface area (Å²) < 4.78 is 33.2. The van der Waals surface area contributed by atoms with Gasteiger partial charge >= 0.3 is 0 Å². The molecule has 2 rings (SSSR count). The maximum Gasteiger partial charge on any atom is 0.252 e. The van der Waals surface area contributed by atoms with Crippen molar-refractivity contribution in [3.63, 3.8) is 0 Å². The molecule has 0 saturated carbocycles. The number of nitrogens with zero attached hydrogens (tertiary/aromatic N) is 1. The van der Waals surface area contributed by atoms with Crippen LogP contribution in [0.5, 0.6) is 0 Å². The number of piperidine rings is 1. The molecule has 1 aromatic rings. The van der Waals surface area contributed by atoms with Gasteiger partial charge in [-0.05, 0) is 53.2 Å². The highest BCUT2D eigenvalue weighted by molar-refractivity contribution is 9.11. The standard InChI is InChI=1S/C12H18BrNO3S2/c1-9-6-11(18-12(9)13)19(15,16)14-5-3-4-10(7-14)8-17-2/h6,10H,3-5,7-8H2,1-2H3. The van der Waals surface area contributed by atoms with E-state index in [1.165, 1.54) is 11.3 Å². The third-order valence-corrected chi connectivity index (χ3v) is 7.76. The fraction of sp³-hybridized carbons (Fsp3) is 0.667. The Balaban J connectivity index is 2.19. The number of methoxy groups -OCH3 is 1. The first kappa shape index (κ1) is 15.4. The molecule has 0 amide bonds. The lowest BCUT2D eigenvalue weighted by molar-refractivity contribution is 0.118. The van der Waals surface area contributed by atoms with Crippen molar-refractivity contribution < 1.29 is 13.2 Å². The smallest absolute Gasteiger partial charge is 0.252 e. The first-order valence-corrected chi connectivity index (χ1v) is 9.25. The molecule has 7 heteroatoms. The predicted octanol–water partition coefficient (Wildman–Crippen LogP) is 2.87. The molecule has 1 aromatic heterocycles. The number of thiophene rings is 1. The van der Waals surface area contributed by atoms with Gasteiger partial charge in [0.1, 0.15) is 4.21 Å². The average molecular weight is 368 g/mol. The Kier molecular flexibility index (Phi) is 5.05. The molecule has 0 aromatic carbocycles. The predicted molar refractivity (Wildman–Crippen MR) is 80.1 cm³/mol. The highest BCUT2D eigenvalue weighted by Gasteiger charge is 2.31. The zero-order valence-corrected chi connectivity index (χ0v) is 14.3. The summed E-state index contributed by atoms with van der Waals surface area (Å²) in [5.74, 6) is 0.304. The summed E-state index contributed by atoms with van der Waals surface area (Å²) >= 11 is 4.67. The summed E-state index contributed by atoms with van der Waals surface area (Å²) in [6.07, 6.45) is 1.94. The molecule has 1 aliphatic rings. The van der Waals surface area contributed by atoms with Crippen LogP contribution in [0, 0.1) is 12.8 Å². The fourth-order valence-corrected chi connectivity index (χ4v) is 6.24. The van der Waals surface area contributed by atoms with Crippen LogP contribution in [0.4, 0.5) is 0 Å². The van der Waals surface area contributed by atoms with Crippen LogP contribution < -0.4 is 0 Å². The Morgan fingerprint density at radius 1 is 1.58 bits per heavy atom. The molecule has 0 spiro atoms. The largest absolute Gasteiger partial charge is 0.384 e. The van der Waals surface area contributed by atoms with Gasteiger partial charge in [0, 0.05) is 20.2 Å². The van der Waals surface area contributed by atoms with E-state index in [1.807, 2.05) is 6.92 Å². The van der Waals surface area contributed by atoms with Gasteiger partial charge in [0.2, 0.25) is 0 Å². The molecular weight excluding hydrogens is 350 g/mol. The summed E-state index contributed by atoms with van der Waals surface area (Å²) in [7, 11) is -1.69. The van der Waals surface area contributed by atoms with Gasteiger partial charge in [-0.2, -0.15) is 4.31 Å². The minimum absolute atomic E-state index is 0.304. The van der Waals surface area contributed by atoms with E-state index < -0.39 is 10.0 Å². The van der Waals surface area contributed by atoms with Crippen LogP contribution in [-0.4, -0.2) is 39.5 Å². The van der Waals surface area contributed by atoms with Crippen LogP contribution in [0.15, 0.2) is 14.1 Å². The molecule has 0 radical (unpaired) electrons. The molecule has 1 aliphatic heterocycles. The lowest BCUT2D eigenvalue weighted by Crippen LogP contribution is -2.40. The van der Waals surface area contributed by atoms with E-state index >= 15 is 0 Å². The Bertz CT molecular complexity index is 520. The van der Waals surface area contributed by atoms with Gasteiger partial charge in [-0.25, -0.2) is 8.42 Å². The van der Waals surface area contributed by atoms with Crippen molar-refractivity contribution in [3.8, 4) is 0 Å². The zero-order chi connectivity index (χ0) is 14.0. The number of halogens is 1. The van der Waals surface area contributed by atoms with Gasteiger partial charge in [-0.15, -0.1) is 11.3 Å². The van der Waals surface area contributed by atoms with Crippen molar-refractivity contribution in [2.45, 2.75) is 24.0 Å². The Morgan fingerprint density at radius 2 is 2.32 bits per heavy atom. The second-order valence-corrected chi connectivity index (χ2v) is 9.38. The Hall–Kier alpha value is 0.0500. The third kappa shape index (κ3) is 3.39. The van der Waals surface area contributed by atoms with E-state index in [-0.39, 0.29) is 0 Å². The van der Waals surface area contributed by atoms with Crippen LogP contribution in [0.1, 0.15) is 18.4 Å². The van der Waals surface area contributed by atoms with Crippen molar-refractivity contribution in [2.24, 2.45) is 5.92 Å². The Morgan fingerprint density at radius 3 is 2.89 bits per heavy atom. The van der Waals surface area contributed by atoms with E-state index in [9.17, 15) is 8.42 Å². The minimum Gasteiger partial charge on any atom is -0.384 e. The minimum atomic E-state index is -3.35. The van der Waals surface area contributed by atoms with Gasteiger partial charge in [-0.1, -0.05) is 0 Å². The molecule has 108 valence electrons. The third-order valence-electron chi connectivity index (χ3n) is 3.31. The van der Waals surface area contributed by atoms with E-state index in [4.69, 9.17) is 4.74 Å². The molecule has 0 aliphatic carbocycles. The number of hydrogen-bond donors (Lipinski definition) is 0. The topological polar surface area (TPSA) is 46.6 Å². The molecule has 19 heavy (non-hydrogen) atoms. The maximum absolute atomic E-state index is 12.6. The van der Waals surface area contributed by atoms with Crippen molar-refractivity contribution >= 4 is 37.3 Å². The molecule has 1 atom stereocenters. The molecule has 2 heterocycles. The molecule has 4 nitrogen and oxygen atoms in total. The number of sulfonamides is 1. The van der Waals surface area contributed by atoms with E-state index in [0.717, 1.165) is 22.2 Å². The number of aryl methyl sites for hydroxylation is 1. The first-order chi connectivity index (χ1) is 8.95. The van der Waals surface area contributed by atoms with Crippen LogP contribution in [0.3, 0.4) is 0 Å². The highest BCUT2D eigenvalue weighted by atomic mass is 79.9.